The monoisotopic (exact) mass is 506 g/mol. The maximum absolute atomic E-state index is 9.69. The van der Waals surface area contributed by atoms with Gasteiger partial charge in [-0.05, 0) is 66.6 Å². The van der Waals surface area contributed by atoms with Crippen LogP contribution < -0.4 is 18.9 Å². The normalized spacial score (nSPS) is 10.6. The molecule has 6 nitrogen and oxygen atoms in total. The Bertz CT molecular complexity index is 1550. The number of aromatic hydroxyl groups is 2. The number of benzene rings is 5. The maximum Gasteiger partial charge on any atom is 0.134 e. The van der Waals surface area contributed by atoms with Gasteiger partial charge in [-0.15, -0.1) is 0 Å². The van der Waals surface area contributed by atoms with E-state index in [0.29, 0.717) is 46.0 Å². The molecule has 0 atom stereocenters. The van der Waals surface area contributed by atoms with Crippen molar-refractivity contribution in [3.8, 4) is 57.5 Å². The van der Waals surface area contributed by atoms with Gasteiger partial charge in [0.05, 0.1) is 0 Å². The Hall–Kier alpha value is -5.10. The number of aryl methyl sites for hydroxylation is 1. The topological polar surface area (TPSA) is 77.4 Å². The first-order valence-electron chi connectivity index (χ1n) is 12.2. The van der Waals surface area contributed by atoms with E-state index in [1.54, 1.807) is 60.7 Å². The van der Waals surface area contributed by atoms with Crippen molar-refractivity contribution in [3.05, 3.63) is 121 Å². The van der Waals surface area contributed by atoms with Crippen LogP contribution in [0.25, 0.3) is 0 Å². The molecule has 5 aromatic carbocycles. The number of hydrogen-bond donors (Lipinski definition) is 2. The van der Waals surface area contributed by atoms with Crippen LogP contribution in [0.15, 0.2) is 115 Å². The summed E-state index contributed by atoms with van der Waals surface area (Å²) in [5, 5.41) is 19.4. The zero-order valence-corrected chi connectivity index (χ0v) is 20.7. The van der Waals surface area contributed by atoms with E-state index in [9.17, 15) is 10.2 Å². The molecular formula is C32H26O6. The van der Waals surface area contributed by atoms with Gasteiger partial charge in [-0.25, -0.2) is 0 Å². The van der Waals surface area contributed by atoms with E-state index in [2.05, 4.69) is 6.92 Å². The van der Waals surface area contributed by atoms with Gasteiger partial charge in [-0.1, -0.05) is 37.3 Å². The maximum atomic E-state index is 9.69. The van der Waals surface area contributed by atoms with Gasteiger partial charge in [0, 0.05) is 30.3 Å². The summed E-state index contributed by atoms with van der Waals surface area (Å²) in [4.78, 5) is 0. The van der Waals surface area contributed by atoms with Gasteiger partial charge in [0.1, 0.15) is 57.5 Å². The molecule has 0 aromatic heterocycles. The number of rotatable bonds is 9. The highest BCUT2D eigenvalue weighted by molar-refractivity contribution is 5.47. The quantitative estimate of drug-likeness (QED) is 0.208. The van der Waals surface area contributed by atoms with Crippen molar-refractivity contribution in [2.75, 3.05) is 0 Å². The fraction of sp³-hybridized carbons (Fsp3) is 0.0625. The third kappa shape index (κ3) is 6.36. The van der Waals surface area contributed by atoms with Gasteiger partial charge in [0.2, 0.25) is 0 Å². The summed E-state index contributed by atoms with van der Waals surface area (Å²) >= 11 is 0. The van der Waals surface area contributed by atoms with Crippen molar-refractivity contribution in [2.24, 2.45) is 0 Å². The van der Waals surface area contributed by atoms with Crippen LogP contribution in [0.5, 0.6) is 57.5 Å². The van der Waals surface area contributed by atoms with E-state index < -0.39 is 0 Å². The van der Waals surface area contributed by atoms with E-state index >= 15 is 0 Å². The molecule has 0 spiro atoms. The first-order chi connectivity index (χ1) is 18.5. The van der Waals surface area contributed by atoms with Gasteiger partial charge in [0.15, 0.2) is 0 Å². The van der Waals surface area contributed by atoms with Crippen molar-refractivity contribution >= 4 is 0 Å². The fourth-order valence-electron chi connectivity index (χ4n) is 3.82. The molecule has 2 N–H and O–H groups in total. The van der Waals surface area contributed by atoms with Gasteiger partial charge in [-0.2, -0.15) is 0 Å². The van der Waals surface area contributed by atoms with E-state index in [0.717, 1.165) is 12.0 Å². The average Bonchev–Trinajstić information content (AvgIpc) is 2.89. The summed E-state index contributed by atoms with van der Waals surface area (Å²) < 4.78 is 24.1. The van der Waals surface area contributed by atoms with E-state index in [-0.39, 0.29) is 11.5 Å². The third-order valence-corrected chi connectivity index (χ3v) is 5.60. The Kier molecular flexibility index (Phi) is 7.32. The van der Waals surface area contributed by atoms with Crippen LogP contribution in [0.4, 0.5) is 0 Å². The standard InChI is InChI=1S/C32H26O6/c1-2-22-15-16-31(37-28-12-5-11-27(19-28)35-25-9-3-7-23(33)17-25)21-32(22)38-30-14-6-13-29(20-30)36-26-10-4-8-24(34)18-26/h3-21,33-34H,2H2,1H3. The Morgan fingerprint density at radius 2 is 0.842 bits per heavy atom. The van der Waals surface area contributed by atoms with Crippen molar-refractivity contribution < 1.29 is 29.2 Å². The minimum atomic E-state index is 0.134. The zero-order valence-electron chi connectivity index (χ0n) is 20.7. The smallest absolute Gasteiger partial charge is 0.134 e. The van der Waals surface area contributed by atoms with Crippen molar-refractivity contribution in [1.29, 1.82) is 0 Å². The van der Waals surface area contributed by atoms with Crippen LogP contribution in [0.3, 0.4) is 0 Å². The summed E-state index contributed by atoms with van der Waals surface area (Å²) in [5.74, 6) is 4.98. The van der Waals surface area contributed by atoms with Gasteiger partial charge in [0.25, 0.3) is 0 Å². The summed E-state index contributed by atoms with van der Waals surface area (Å²) in [6.07, 6.45) is 0.780. The van der Waals surface area contributed by atoms with Crippen molar-refractivity contribution in [2.45, 2.75) is 13.3 Å². The molecule has 0 saturated carbocycles. The number of hydrogen-bond acceptors (Lipinski definition) is 6. The molecule has 5 aromatic rings. The molecule has 0 amide bonds. The SMILES string of the molecule is CCc1ccc(Oc2cccc(Oc3cccc(O)c3)c2)cc1Oc1cccc(Oc2cccc(O)c2)c1. The van der Waals surface area contributed by atoms with Gasteiger partial charge >= 0.3 is 0 Å². The van der Waals surface area contributed by atoms with Crippen LogP contribution >= 0.6 is 0 Å². The molecule has 0 aliphatic carbocycles. The Morgan fingerprint density at radius 1 is 0.447 bits per heavy atom. The Labute approximate surface area is 220 Å². The van der Waals surface area contributed by atoms with Crippen LogP contribution in [0.1, 0.15) is 12.5 Å². The lowest BCUT2D eigenvalue weighted by atomic mass is 10.1. The molecular weight excluding hydrogens is 480 g/mol. The minimum Gasteiger partial charge on any atom is -0.508 e. The molecule has 0 aliphatic rings. The highest BCUT2D eigenvalue weighted by Gasteiger charge is 2.10. The second-order valence-corrected chi connectivity index (χ2v) is 8.48. The molecule has 0 bridgehead atoms. The summed E-state index contributed by atoms with van der Waals surface area (Å²) in [7, 11) is 0. The highest BCUT2D eigenvalue weighted by Crippen LogP contribution is 2.35. The van der Waals surface area contributed by atoms with Crippen LogP contribution in [-0.2, 0) is 6.42 Å². The van der Waals surface area contributed by atoms with E-state index in [4.69, 9.17) is 18.9 Å². The first kappa shape index (κ1) is 24.6. The predicted octanol–water partition coefficient (Wildman–Crippen LogP) is 8.83. The lowest BCUT2D eigenvalue weighted by molar-refractivity contribution is 0.441. The van der Waals surface area contributed by atoms with Crippen LogP contribution in [0, 0.1) is 0 Å². The number of phenolic OH excluding ortho intramolecular Hbond substituents is 2. The number of phenols is 2. The lowest BCUT2D eigenvalue weighted by Gasteiger charge is -2.14. The summed E-state index contributed by atoms with van der Waals surface area (Å²) in [6.45, 7) is 2.06. The van der Waals surface area contributed by atoms with Gasteiger partial charge < -0.3 is 29.2 Å². The molecule has 6 heteroatoms. The molecule has 0 saturated heterocycles. The van der Waals surface area contributed by atoms with Crippen LogP contribution in [0.2, 0.25) is 0 Å². The zero-order chi connectivity index (χ0) is 26.3. The predicted molar refractivity (Wildman–Crippen MR) is 145 cm³/mol. The molecule has 0 aliphatic heterocycles. The molecule has 0 unspecified atom stereocenters. The fourth-order valence-corrected chi connectivity index (χ4v) is 3.82. The highest BCUT2D eigenvalue weighted by atomic mass is 16.5. The van der Waals surface area contributed by atoms with E-state index in [1.165, 1.54) is 0 Å². The lowest BCUT2D eigenvalue weighted by Crippen LogP contribution is -1.93. The molecule has 0 radical (unpaired) electrons. The van der Waals surface area contributed by atoms with Crippen molar-refractivity contribution in [3.63, 3.8) is 0 Å². The molecule has 190 valence electrons. The summed E-state index contributed by atoms with van der Waals surface area (Å²) in [5.41, 5.74) is 1.03. The third-order valence-electron chi connectivity index (χ3n) is 5.60. The molecule has 0 fully saturated rings. The molecule has 38 heavy (non-hydrogen) atoms. The molecule has 0 heterocycles. The summed E-state index contributed by atoms with van der Waals surface area (Å²) in [6, 6.07) is 33.6. The number of ether oxygens (including phenoxy) is 4. The van der Waals surface area contributed by atoms with Crippen molar-refractivity contribution in [1.82, 2.24) is 0 Å². The Balaban J connectivity index is 1.32. The second kappa shape index (κ2) is 11.3. The average molecular weight is 507 g/mol. The van der Waals surface area contributed by atoms with Gasteiger partial charge in [-0.3, -0.25) is 0 Å². The van der Waals surface area contributed by atoms with Crippen LogP contribution in [-0.4, -0.2) is 10.2 Å². The van der Waals surface area contributed by atoms with E-state index in [1.807, 2.05) is 54.6 Å². The second-order valence-electron chi connectivity index (χ2n) is 8.48. The largest absolute Gasteiger partial charge is 0.508 e. The Morgan fingerprint density at radius 3 is 1.29 bits per heavy atom. The first-order valence-corrected chi connectivity index (χ1v) is 12.2. The minimum absolute atomic E-state index is 0.134. The molecule has 5 rings (SSSR count).